The molecule has 0 bridgehead atoms. The molecule has 0 spiro atoms. The van der Waals surface area contributed by atoms with Crippen LogP contribution in [0.25, 0.3) is 0 Å². The van der Waals surface area contributed by atoms with Crippen molar-refractivity contribution in [1.29, 1.82) is 0 Å². The molecular weight excluding hydrogens is 566 g/mol. The number of esters is 1. The molecule has 3 rings (SSSR count). The first kappa shape index (κ1) is 33.1. The molecule has 1 unspecified atom stereocenters. The van der Waals surface area contributed by atoms with E-state index in [1.807, 2.05) is 0 Å². The lowest BCUT2D eigenvalue weighted by Gasteiger charge is -2.33. The summed E-state index contributed by atoms with van der Waals surface area (Å²) in [6, 6.07) is -1.47. The fourth-order valence-electron chi connectivity index (χ4n) is 4.95. The van der Waals surface area contributed by atoms with Crippen LogP contribution in [0.5, 0.6) is 5.75 Å². The predicted octanol–water partition coefficient (Wildman–Crippen LogP) is 2.50. The van der Waals surface area contributed by atoms with E-state index >= 15 is 0 Å². The van der Waals surface area contributed by atoms with Crippen LogP contribution in [0.2, 0.25) is 0 Å². The minimum atomic E-state index is -1.82. The minimum Gasteiger partial charge on any atom is -0.485 e. The van der Waals surface area contributed by atoms with Gasteiger partial charge in [-0.1, -0.05) is 12.8 Å². The lowest BCUT2D eigenvalue weighted by atomic mass is 9.95. The Morgan fingerprint density at radius 1 is 1.02 bits per heavy atom. The van der Waals surface area contributed by atoms with Gasteiger partial charge in [-0.25, -0.2) is 8.78 Å². The van der Waals surface area contributed by atoms with E-state index in [0.717, 1.165) is 25.7 Å². The van der Waals surface area contributed by atoms with Crippen LogP contribution in [0.4, 0.5) is 17.6 Å². The third-order valence-electron chi connectivity index (χ3n) is 7.03. The van der Waals surface area contributed by atoms with Crippen LogP contribution in [-0.4, -0.2) is 77.2 Å². The fourth-order valence-corrected chi connectivity index (χ4v) is 4.95. The monoisotopic (exact) mass is 603 g/mol. The lowest BCUT2D eigenvalue weighted by molar-refractivity contribution is -0.156. The summed E-state index contributed by atoms with van der Waals surface area (Å²) >= 11 is 0. The van der Waals surface area contributed by atoms with Gasteiger partial charge in [-0.3, -0.25) is 19.2 Å². The summed E-state index contributed by atoms with van der Waals surface area (Å²) in [5.41, 5.74) is -0.915. The number of hydrogen-bond donors (Lipinski definition) is 3. The normalized spacial score (nSPS) is 19.1. The molecule has 2 fully saturated rings. The number of ether oxygens (including phenoxy) is 2. The van der Waals surface area contributed by atoms with E-state index in [0.29, 0.717) is 12.8 Å². The van der Waals surface area contributed by atoms with Gasteiger partial charge in [0.2, 0.25) is 17.5 Å². The van der Waals surface area contributed by atoms with Crippen LogP contribution in [-0.2, 0) is 23.9 Å². The topological polar surface area (TPSA) is 134 Å². The van der Waals surface area contributed by atoms with Crippen molar-refractivity contribution in [3.8, 4) is 5.75 Å². The lowest BCUT2D eigenvalue weighted by Crippen LogP contribution is -2.54. The number of nitrogens with one attached hydrogen (secondary N) is 2. The molecule has 1 aliphatic heterocycles. The second-order valence-electron chi connectivity index (χ2n) is 11.6. The van der Waals surface area contributed by atoms with Gasteiger partial charge in [-0.05, 0) is 46.5 Å². The van der Waals surface area contributed by atoms with Crippen LogP contribution in [0, 0.1) is 29.2 Å². The molecule has 14 heteroatoms. The van der Waals surface area contributed by atoms with Crippen molar-refractivity contribution in [1.82, 2.24) is 15.5 Å². The Kier molecular flexibility index (Phi) is 11.2. The summed E-state index contributed by atoms with van der Waals surface area (Å²) < 4.78 is 65.2. The molecule has 234 valence electrons. The van der Waals surface area contributed by atoms with Gasteiger partial charge in [-0.2, -0.15) is 8.78 Å². The minimum absolute atomic E-state index is 0.00391. The number of halogens is 4. The summed E-state index contributed by atoms with van der Waals surface area (Å²) in [5.74, 6) is -12.3. The van der Waals surface area contributed by atoms with Crippen LogP contribution < -0.4 is 15.4 Å². The number of nitrogens with zero attached hydrogens (tertiary/aromatic N) is 1. The molecule has 1 aromatic rings. The molecular formula is C28H37F4N3O7. The zero-order valence-corrected chi connectivity index (χ0v) is 23.8. The van der Waals surface area contributed by atoms with Gasteiger partial charge in [0.1, 0.15) is 18.3 Å². The molecule has 1 saturated carbocycles. The molecule has 1 heterocycles. The Labute approximate surface area is 241 Å². The third-order valence-corrected chi connectivity index (χ3v) is 7.03. The summed E-state index contributed by atoms with van der Waals surface area (Å²) in [5, 5.41) is 16.0. The molecule has 3 amide bonds. The van der Waals surface area contributed by atoms with E-state index in [1.54, 1.807) is 20.8 Å². The van der Waals surface area contributed by atoms with Crippen molar-refractivity contribution < 1.29 is 51.3 Å². The fraction of sp³-hybridized carbons (Fsp3) is 0.643. The van der Waals surface area contributed by atoms with Crippen molar-refractivity contribution in [2.45, 2.75) is 89.5 Å². The summed E-state index contributed by atoms with van der Waals surface area (Å²) in [7, 11) is 0. The molecule has 1 aromatic carbocycles. The number of piperidine rings is 1. The third kappa shape index (κ3) is 9.04. The maximum atomic E-state index is 14.0. The molecule has 0 aromatic heterocycles. The molecule has 1 saturated heterocycles. The van der Waals surface area contributed by atoms with Crippen molar-refractivity contribution in [3.05, 3.63) is 29.3 Å². The number of rotatable bonds is 9. The number of aliphatic hydroxyl groups is 1. The largest absolute Gasteiger partial charge is 0.485 e. The molecule has 2 aliphatic rings. The van der Waals surface area contributed by atoms with Crippen molar-refractivity contribution in [3.63, 3.8) is 0 Å². The summed E-state index contributed by atoms with van der Waals surface area (Å²) in [6.07, 6.45) is 1.90. The van der Waals surface area contributed by atoms with E-state index in [4.69, 9.17) is 9.47 Å². The highest BCUT2D eigenvalue weighted by atomic mass is 19.2. The van der Waals surface area contributed by atoms with Crippen molar-refractivity contribution in [2.75, 3.05) is 19.7 Å². The zero-order chi connectivity index (χ0) is 31.2. The first-order chi connectivity index (χ1) is 19.7. The zero-order valence-electron chi connectivity index (χ0n) is 23.8. The average Bonchev–Trinajstić information content (AvgIpc) is 3.43. The standard InChI is InChI=1S/C28H37F4N3O7/c1-28(2,3)42-21(37)12-19(20(36)14-41-24-22(31)17(29)11-18(30)23(24)32)34-25(38)15-7-6-10-35(13-15)27(40)26(39)33-16-8-4-5-9-16/h11,15-16,19-20,36H,4-10,12-14H2,1-3H3,(H,33,39)(H,34,38)/t15-,19+,20?/m1/s1. The number of amides is 3. The van der Waals surface area contributed by atoms with Crippen LogP contribution >= 0.6 is 0 Å². The summed E-state index contributed by atoms with van der Waals surface area (Å²) in [6.45, 7) is 4.00. The first-order valence-electron chi connectivity index (χ1n) is 13.9. The number of likely N-dealkylation sites (tertiary alicyclic amines) is 1. The molecule has 10 nitrogen and oxygen atoms in total. The highest BCUT2D eigenvalue weighted by molar-refractivity contribution is 6.35. The van der Waals surface area contributed by atoms with Gasteiger partial charge in [0.15, 0.2) is 17.4 Å². The van der Waals surface area contributed by atoms with E-state index in [9.17, 15) is 41.8 Å². The van der Waals surface area contributed by atoms with Crippen molar-refractivity contribution >= 4 is 23.7 Å². The Morgan fingerprint density at radius 3 is 2.24 bits per heavy atom. The maximum Gasteiger partial charge on any atom is 0.311 e. The van der Waals surface area contributed by atoms with E-state index in [1.165, 1.54) is 4.90 Å². The molecule has 42 heavy (non-hydrogen) atoms. The van der Waals surface area contributed by atoms with Gasteiger partial charge in [-0.15, -0.1) is 0 Å². The van der Waals surface area contributed by atoms with Gasteiger partial charge < -0.3 is 30.1 Å². The average molecular weight is 604 g/mol. The Morgan fingerprint density at radius 2 is 1.64 bits per heavy atom. The predicted molar refractivity (Wildman–Crippen MR) is 140 cm³/mol. The van der Waals surface area contributed by atoms with Gasteiger partial charge in [0.25, 0.3) is 0 Å². The number of benzene rings is 1. The highest BCUT2D eigenvalue weighted by Crippen LogP contribution is 2.27. The molecule has 3 N–H and O–H groups in total. The number of aliphatic hydroxyl groups excluding tert-OH is 1. The van der Waals surface area contributed by atoms with E-state index in [-0.39, 0.29) is 25.2 Å². The van der Waals surface area contributed by atoms with Crippen LogP contribution in [0.1, 0.15) is 65.7 Å². The van der Waals surface area contributed by atoms with Crippen LogP contribution in [0.15, 0.2) is 6.07 Å². The first-order valence-corrected chi connectivity index (χ1v) is 13.9. The number of carbonyl (C=O) groups is 4. The van der Waals surface area contributed by atoms with Gasteiger partial charge >= 0.3 is 17.8 Å². The summed E-state index contributed by atoms with van der Waals surface area (Å²) in [4.78, 5) is 52.2. The van der Waals surface area contributed by atoms with E-state index in [2.05, 4.69) is 10.6 Å². The maximum absolute atomic E-state index is 14.0. The van der Waals surface area contributed by atoms with Gasteiger partial charge in [0, 0.05) is 25.2 Å². The Balaban J connectivity index is 1.68. The Hall–Kier alpha value is -3.42. The molecule has 0 radical (unpaired) electrons. The number of hydrogen-bond acceptors (Lipinski definition) is 7. The molecule has 3 atom stereocenters. The number of carbonyl (C=O) groups excluding carboxylic acids is 4. The second-order valence-corrected chi connectivity index (χ2v) is 11.6. The van der Waals surface area contributed by atoms with Crippen LogP contribution in [0.3, 0.4) is 0 Å². The highest BCUT2D eigenvalue weighted by Gasteiger charge is 2.35. The molecule has 1 aliphatic carbocycles. The SMILES string of the molecule is CC(C)(C)OC(=O)C[C@H](NC(=O)[C@@H]1CCCN(C(=O)C(=O)NC2CCCC2)C1)C(O)COc1c(F)c(F)cc(F)c1F. The Bertz CT molecular complexity index is 1140. The van der Waals surface area contributed by atoms with Crippen molar-refractivity contribution in [2.24, 2.45) is 5.92 Å². The second kappa shape index (κ2) is 14.2. The van der Waals surface area contributed by atoms with Gasteiger partial charge in [0.05, 0.1) is 18.4 Å². The smallest absolute Gasteiger partial charge is 0.311 e. The van der Waals surface area contributed by atoms with E-state index < -0.39 is 89.4 Å². The quantitative estimate of drug-likeness (QED) is 0.171.